The van der Waals surface area contributed by atoms with Crippen molar-refractivity contribution in [3.63, 3.8) is 0 Å². The Hall–Kier alpha value is -0.340. The molecule has 3 aliphatic rings. The summed E-state index contributed by atoms with van der Waals surface area (Å²) in [6.07, 6.45) is 7.44. The van der Waals surface area contributed by atoms with E-state index in [1.807, 2.05) is 0 Å². The normalized spacial score (nSPS) is 40.8. The second-order valence-electron chi connectivity index (χ2n) is 6.01. The summed E-state index contributed by atoms with van der Waals surface area (Å²) in [4.78, 5) is 0. The fourth-order valence-corrected chi connectivity index (χ4v) is 3.78. The molecule has 1 heterocycles. The third kappa shape index (κ3) is 1.63. The molecule has 90 valence electrons. The summed E-state index contributed by atoms with van der Waals surface area (Å²) in [6, 6.07) is 0. The molecule has 0 radical (unpaired) electrons. The van der Waals surface area contributed by atoms with Gasteiger partial charge in [0, 0.05) is 0 Å². The van der Waals surface area contributed by atoms with Gasteiger partial charge in [0.2, 0.25) is 0 Å². The predicted octanol–water partition coefficient (Wildman–Crippen LogP) is 3.13. The molecule has 16 heavy (non-hydrogen) atoms. The quantitative estimate of drug-likeness (QED) is 0.635. The predicted molar refractivity (Wildman–Crippen MR) is 63.0 cm³/mol. The van der Waals surface area contributed by atoms with Crippen molar-refractivity contribution in [3.05, 3.63) is 11.6 Å². The minimum atomic E-state index is -0.0672. The molecule has 2 saturated carbocycles. The van der Waals surface area contributed by atoms with Crippen LogP contribution >= 0.6 is 0 Å². The van der Waals surface area contributed by atoms with Crippen LogP contribution in [0.2, 0.25) is 0 Å². The first-order chi connectivity index (χ1) is 7.68. The molecule has 0 unspecified atom stereocenters. The zero-order valence-corrected chi connectivity index (χ0v) is 10.4. The van der Waals surface area contributed by atoms with E-state index in [9.17, 15) is 0 Å². The van der Waals surface area contributed by atoms with E-state index in [4.69, 9.17) is 9.47 Å². The first-order valence-corrected chi connectivity index (χ1v) is 6.63. The summed E-state index contributed by atoms with van der Waals surface area (Å²) < 4.78 is 11.3. The van der Waals surface area contributed by atoms with Crippen LogP contribution in [0.4, 0.5) is 0 Å². The summed E-state index contributed by atoms with van der Waals surface area (Å²) >= 11 is 0. The Balaban J connectivity index is 1.80. The summed E-state index contributed by atoms with van der Waals surface area (Å²) in [5.41, 5.74) is 1.99. The molecule has 0 aromatic heterocycles. The van der Waals surface area contributed by atoms with E-state index in [0.29, 0.717) is 5.41 Å². The molecular formula is C14H22O2. The third-order valence-electron chi connectivity index (χ3n) is 4.81. The smallest absolute Gasteiger partial charge is 0.177 e. The molecule has 0 spiro atoms. The SMILES string of the molecule is CC1(C)C(=CC2OCCCO2)[C@H]2CC[C@@H]1C2. The second kappa shape index (κ2) is 3.85. The monoisotopic (exact) mass is 222 g/mol. The van der Waals surface area contributed by atoms with Crippen molar-refractivity contribution in [3.8, 4) is 0 Å². The Morgan fingerprint density at radius 2 is 1.94 bits per heavy atom. The molecule has 0 aromatic rings. The van der Waals surface area contributed by atoms with Crippen LogP contribution < -0.4 is 0 Å². The fourth-order valence-electron chi connectivity index (χ4n) is 3.78. The molecule has 2 nitrogen and oxygen atoms in total. The average Bonchev–Trinajstić information content (AvgIpc) is 2.83. The van der Waals surface area contributed by atoms with Crippen LogP contribution in [0.3, 0.4) is 0 Å². The van der Waals surface area contributed by atoms with Crippen molar-refractivity contribution in [2.24, 2.45) is 17.3 Å². The van der Waals surface area contributed by atoms with Crippen molar-refractivity contribution in [2.45, 2.75) is 45.8 Å². The largest absolute Gasteiger partial charge is 0.349 e. The van der Waals surface area contributed by atoms with E-state index >= 15 is 0 Å². The molecule has 2 atom stereocenters. The lowest BCUT2D eigenvalue weighted by molar-refractivity contribution is -0.150. The Labute approximate surface area is 98.0 Å². The Bertz CT molecular complexity index is 300. The van der Waals surface area contributed by atoms with Crippen molar-refractivity contribution in [1.29, 1.82) is 0 Å². The van der Waals surface area contributed by atoms with Gasteiger partial charge in [0.05, 0.1) is 13.2 Å². The summed E-state index contributed by atoms with van der Waals surface area (Å²) in [5, 5.41) is 0. The number of rotatable bonds is 1. The molecular weight excluding hydrogens is 200 g/mol. The lowest BCUT2D eigenvalue weighted by atomic mass is 9.72. The third-order valence-corrected chi connectivity index (χ3v) is 4.81. The molecule has 2 heteroatoms. The number of allylic oxidation sites excluding steroid dienone is 1. The van der Waals surface area contributed by atoms with Gasteiger partial charge >= 0.3 is 0 Å². The van der Waals surface area contributed by atoms with Crippen molar-refractivity contribution >= 4 is 0 Å². The zero-order chi connectivity index (χ0) is 11.2. The van der Waals surface area contributed by atoms with Crippen molar-refractivity contribution in [1.82, 2.24) is 0 Å². The highest BCUT2D eigenvalue weighted by Gasteiger charge is 2.48. The van der Waals surface area contributed by atoms with Gasteiger partial charge in [-0.2, -0.15) is 0 Å². The van der Waals surface area contributed by atoms with E-state index in [2.05, 4.69) is 19.9 Å². The number of fused-ring (bicyclic) bond motifs is 2. The molecule has 0 N–H and O–H groups in total. The first-order valence-electron chi connectivity index (χ1n) is 6.63. The number of hydrogen-bond donors (Lipinski definition) is 0. The van der Waals surface area contributed by atoms with E-state index in [-0.39, 0.29) is 6.29 Å². The van der Waals surface area contributed by atoms with Crippen LogP contribution in [0.5, 0.6) is 0 Å². The average molecular weight is 222 g/mol. The molecule has 0 amide bonds. The Morgan fingerprint density at radius 1 is 1.19 bits per heavy atom. The van der Waals surface area contributed by atoms with Gasteiger partial charge in [-0.1, -0.05) is 19.4 Å². The molecule has 1 aliphatic heterocycles. The van der Waals surface area contributed by atoms with Gasteiger partial charge in [0.15, 0.2) is 6.29 Å². The molecule has 2 bridgehead atoms. The maximum absolute atomic E-state index is 5.64. The molecule has 3 fully saturated rings. The van der Waals surface area contributed by atoms with Gasteiger partial charge in [0.1, 0.15) is 0 Å². The lowest BCUT2D eigenvalue weighted by Gasteiger charge is -2.34. The van der Waals surface area contributed by atoms with E-state index in [0.717, 1.165) is 31.5 Å². The molecule has 3 rings (SSSR count). The minimum absolute atomic E-state index is 0.0672. The highest BCUT2D eigenvalue weighted by molar-refractivity contribution is 5.26. The molecule has 1 saturated heterocycles. The minimum Gasteiger partial charge on any atom is -0.349 e. The standard InChI is InChI=1S/C14H22O2/c1-14(2)11-5-4-10(8-11)12(14)9-13-15-6-3-7-16-13/h9-11,13H,3-8H2,1-2H3/t10-,11+/m0/s1. The van der Waals surface area contributed by atoms with Crippen LogP contribution in [-0.2, 0) is 9.47 Å². The van der Waals surface area contributed by atoms with Gasteiger partial charge in [0.25, 0.3) is 0 Å². The summed E-state index contributed by atoms with van der Waals surface area (Å²) in [5.74, 6) is 1.71. The first kappa shape index (κ1) is 10.8. The van der Waals surface area contributed by atoms with Gasteiger partial charge in [-0.15, -0.1) is 0 Å². The van der Waals surface area contributed by atoms with Gasteiger partial charge in [-0.05, 0) is 49.0 Å². The summed E-state index contributed by atoms with van der Waals surface area (Å²) in [7, 11) is 0. The van der Waals surface area contributed by atoms with Gasteiger partial charge in [-0.3, -0.25) is 0 Å². The maximum Gasteiger partial charge on any atom is 0.177 e. The van der Waals surface area contributed by atoms with Crippen LogP contribution in [0.25, 0.3) is 0 Å². The maximum atomic E-state index is 5.64. The van der Waals surface area contributed by atoms with E-state index < -0.39 is 0 Å². The lowest BCUT2D eigenvalue weighted by Crippen LogP contribution is -2.28. The molecule has 2 aliphatic carbocycles. The van der Waals surface area contributed by atoms with E-state index in [1.54, 1.807) is 5.57 Å². The topological polar surface area (TPSA) is 18.5 Å². The fraction of sp³-hybridized carbons (Fsp3) is 0.857. The van der Waals surface area contributed by atoms with Crippen LogP contribution in [0, 0.1) is 17.3 Å². The van der Waals surface area contributed by atoms with Gasteiger partial charge in [-0.25, -0.2) is 0 Å². The number of hydrogen-bond acceptors (Lipinski definition) is 2. The van der Waals surface area contributed by atoms with Crippen molar-refractivity contribution < 1.29 is 9.47 Å². The van der Waals surface area contributed by atoms with E-state index in [1.165, 1.54) is 19.3 Å². The van der Waals surface area contributed by atoms with Crippen molar-refractivity contribution in [2.75, 3.05) is 13.2 Å². The zero-order valence-electron chi connectivity index (χ0n) is 10.4. The Kier molecular flexibility index (Phi) is 2.60. The summed E-state index contributed by atoms with van der Waals surface area (Å²) in [6.45, 7) is 6.49. The Morgan fingerprint density at radius 3 is 2.56 bits per heavy atom. The highest BCUT2D eigenvalue weighted by atomic mass is 16.7. The number of ether oxygens (including phenoxy) is 2. The highest BCUT2D eigenvalue weighted by Crippen LogP contribution is 2.59. The van der Waals surface area contributed by atoms with Crippen LogP contribution in [0.1, 0.15) is 39.5 Å². The van der Waals surface area contributed by atoms with Crippen LogP contribution in [-0.4, -0.2) is 19.5 Å². The van der Waals surface area contributed by atoms with Gasteiger partial charge < -0.3 is 9.47 Å². The molecule has 0 aromatic carbocycles. The second-order valence-corrected chi connectivity index (χ2v) is 6.01. The van der Waals surface area contributed by atoms with Crippen LogP contribution in [0.15, 0.2) is 11.6 Å².